The van der Waals surface area contributed by atoms with Crippen molar-refractivity contribution in [3.05, 3.63) is 52.3 Å². The van der Waals surface area contributed by atoms with Gasteiger partial charge in [-0.15, -0.1) is 0 Å². The fraction of sp³-hybridized carbons (Fsp3) is 0.389. The summed E-state index contributed by atoms with van der Waals surface area (Å²) in [6, 6.07) is 7.93. The third-order valence-corrected chi connectivity index (χ3v) is 3.88. The number of benzene rings is 1. The molecule has 0 fully saturated rings. The van der Waals surface area contributed by atoms with Crippen LogP contribution in [0.15, 0.2) is 24.3 Å². The van der Waals surface area contributed by atoms with Crippen LogP contribution in [-0.2, 0) is 6.54 Å². The highest BCUT2D eigenvalue weighted by Crippen LogP contribution is 2.20. The molecule has 0 saturated carbocycles. The molecule has 1 aromatic carbocycles. The number of aryl methyl sites for hydroxylation is 3. The van der Waals surface area contributed by atoms with Crippen LogP contribution in [0.3, 0.4) is 0 Å². The molecule has 0 aliphatic carbocycles. The maximum absolute atomic E-state index is 12.4. The molecule has 0 atom stereocenters. The van der Waals surface area contributed by atoms with Crippen LogP contribution < -0.4 is 4.74 Å². The van der Waals surface area contributed by atoms with Crippen molar-refractivity contribution < 1.29 is 9.53 Å². The SMILES string of the molecule is CCn1c(C)cc(C(=O)COc2ccc(C)cc2C)c1C. The lowest BCUT2D eigenvalue weighted by molar-refractivity contribution is 0.0920. The molecular formula is C18H23NO2. The summed E-state index contributed by atoms with van der Waals surface area (Å²) in [7, 11) is 0. The van der Waals surface area contributed by atoms with Crippen LogP contribution in [0.5, 0.6) is 5.75 Å². The van der Waals surface area contributed by atoms with Crippen LogP contribution in [0.25, 0.3) is 0 Å². The smallest absolute Gasteiger partial charge is 0.202 e. The Morgan fingerprint density at radius 1 is 1.14 bits per heavy atom. The Morgan fingerprint density at radius 2 is 1.86 bits per heavy atom. The molecule has 0 aliphatic rings. The molecule has 3 heteroatoms. The van der Waals surface area contributed by atoms with Crippen molar-refractivity contribution in [2.24, 2.45) is 0 Å². The van der Waals surface area contributed by atoms with Crippen LogP contribution in [0.2, 0.25) is 0 Å². The molecule has 0 aliphatic heterocycles. The van der Waals surface area contributed by atoms with Crippen LogP contribution in [-0.4, -0.2) is 17.0 Å². The quantitative estimate of drug-likeness (QED) is 0.777. The standard InChI is InChI=1S/C18H23NO2/c1-6-19-14(4)10-16(15(19)5)17(20)11-21-18-8-7-12(2)9-13(18)3/h7-10H,6,11H2,1-5H3. The molecule has 2 rings (SSSR count). The van der Waals surface area contributed by atoms with Gasteiger partial charge in [0.1, 0.15) is 5.75 Å². The Balaban J connectivity index is 2.12. The summed E-state index contributed by atoms with van der Waals surface area (Å²) in [5.41, 5.74) is 5.15. The second kappa shape index (κ2) is 6.17. The normalized spacial score (nSPS) is 10.7. The fourth-order valence-electron chi connectivity index (χ4n) is 2.75. The second-order valence-corrected chi connectivity index (χ2v) is 5.51. The summed E-state index contributed by atoms with van der Waals surface area (Å²) in [5.74, 6) is 0.807. The highest BCUT2D eigenvalue weighted by molar-refractivity contribution is 5.98. The van der Waals surface area contributed by atoms with E-state index in [4.69, 9.17) is 4.74 Å². The Bertz CT molecular complexity index is 668. The highest BCUT2D eigenvalue weighted by Gasteiger charge is 2.15. The van der Waals surface area contributed by atoms with E-state index in [9.17, 15) is 4.79 Å². The van der Waals surface area contributed by atoms with E-state index in [1.807, 2.05) is 45.9 Å². The van der Waals surface area contributed by atoms with Crippen LogP contribution in [0.1, 0.15) is 39.8 Å². The Kier molecular flexibility index (Phi) is 4.51. The molecule has 0 saturated heterocycles. The summed E-state index contributed by atoms with van der Waals surface area (Å²) in [5, 5.41) is 0. The Labute approximate surface area is 126 Å². The minimum Gasteiger partial charge on any atom is -0.485 e. The molecule has 0 N–H and O–H groups in total. The van der Waals surface area contributed by atoms with Crippen molar-refractivity contribution in [1.82, 2.24) is 4.57 Å². The first-order chi connectivity index (χ1) is 9.93. The van der Waals surface area contributed by atoms with Crippen LogP contribution in [0, 0.1) is 27.7 Å². The van der Waals surface area contributed by atoms with E-state index in [0.29, 0.717) is 0 Å². The van der Waals surface area contributed by atoms with E-state index in [1.165, 1.54) is 5.56 Å². The zero-order valence-electron chi connectivity index (χ0n) is 13.5. The lowest BCUT2D eigenvalue weighted by Gasteiger charge is -2.09. The summed E-state index contributed by atoms with van der Waals surface area (Å²) < 4.78 is 7.83. The number of Topliss-reactive ketones (excluding diaryl/α,β-unsaturated/α-hetero) is 1. The van der Waals surface area contributed by atoms with Crippen molar-refractivity contribution in [3.8, 4) is 5.75 Å². The van der Waals surface area contributed by atoms with Crippen LogP contribution in [0.4, 0.5) is 0 Å². The van der Waals surface area contributed by atoms with Crippen molar-refractivity contribution in [2.45, 2.75) is 41.2 Å². The van der Waals surface area contributed by atoms with Gasteiger partial charge < -0.3 is 9.30 Å². The number of nitrogens with zero attached hydrogens (tertiary/aromatic N) is 1. The second-order valence-electron chi connectivity index (χ2n) is 5.51. The van der Waals surface area contributed by atoms with Crippen molar-refractivity contribution in [2.75, 3.05) is 6.61 Å². The summed E-state index contributed by atoms with van der Waals surface area (Å²) >= 11 is 0. The maximum atomic E-state index is 12.4. The third kappa shape index (κ3) is 3.18. The first-order valence-corrected chi connectivity index (χ1v) is 7.34. The molecule has 112 valence electrons. The van der Waals surface area contributed by atoms with Crippen molar-refractivity contribution in [1.29, 1.82) is 0 Å². The number of ether oxygens (including phenoxy) is 1. The van der Waals surface area contributed by atoms with Gasteiger partial charge in [0.2, 0.25) is 5.78 Å². The van der Waals surface area contributed by atoms with Gasteiger partial charge in [-0.1, -0.05) is 17.7 Å². The molecule has 1 aromatic heterocycles. The van der Waals surface area contributed by atoms with Gasteiger partial charge in [0.25, 0.3) is 0 Å². The number of aromatic nitrogens is 1. The molecule has 1 heterocycles. The Hall–Kier alpha value is -2.03. The first-order valence-electron chi connectivity index (χ1n) is 7.34. The topological polar surface area (TPSA) is 31.2 Å². The number of carbonyl (C=O) groups is 1. The number of carbonyl (C=O) groups excluding carboxylic acids is 1. The van der Waals surface area contributed by atoms with E-state index < -0.39 is 0 Å². The van der Waals surface area contributed by atoms with Gasteiger partial charge in [0.05, 0.1) is 0 Å². The van der Waals surface area contributed by atoms with Gasteiger partial charge in [-0.05, 0) is 52.3 Å². The predicted molar refractivity (Wildman–Crippen MR) is 85.3 cm³/mol. The first kappa shape index (κ1) is 15.4. The average molecular weight is 285 g/mol. The Morgan fingerprint density at radius 3 is 2.43 bits per heavy atom. The zero-order valence-corrected chi connectivity index (χ0v) is 13.5. The lowest BCUT2D eigenvalue weighted by Crippen LogP contribution is -2.13. The molecule has 3 nitrogen and oxygen atoms in total. The molecule has 0 amide bonds. The van der Waals surface area contributed by atoms with Crippen molar-refractivity contribution >= 4 is 5.78 Å². The third-order valence-electron chi connectivity index (χ3n) is 3.88. The average Bonchev–Trinajstić information content (AvgIpc) is 2.72. The lowest BCUT2D eigenvalue weighted by atomic mass is 10.1. The molecule has 21 heavy (non-hydrogen) atoms. The van der Waals surface area contributed by atoms with Gasteiger partial charge in [-0.2, -0.15) is 0 Å². The van der Waals surface area contributed by atoms with E-state index in [0.717, 1.165) is 34.8 Å². The minimum atomic E-state index is 0.0303. The molecule has 0 unspecified atom stereocenters. The van der Waals surface area contributed by atoms with E-state index in [1.54, 1.807) is 0 Å². The largest absolute Gasteiger partial charge is 0.485 e. The van der Waals surface area contributed by atoms with E-state index >= 15 is 0 Å². The van der Waals surface area contributed by atoms with Gasteiger partial charge in [0, 0.05) is 23.5 Å². The summed E-state index contributed by atoms with van der Waals surface area (Å²) in [6.07, 6.45) is 0. The monoisotopic (exact) mass is 285 g/mol. The number of hydrogen-bond acceptors (Lipinski definition) is 2. The zero-order chi connectivity index (χ0) is 15.6. The fourth-order valence-corrected chi connectivity index (χ4v) is 2.75. The highest BCUT2D eigenvalue weighted by atomic mass is 16.5. The molecule has 0 bridgehead atoms. The predicted octanol–water partition coefficient (Wildman–Crippen LogP) is 4.00. The molecule has 0 radical (unpaired) electrons. The number of hydrogen-bond donors (Lipinski definition) is 0. The maximum Gasteiger partial charge on any atom is 0.202 e. The summed E-state index contributed by atoms with van der Waals surface area (Å²) in [6.45, 7) is 11.1. The number of rotatable bonds is 5. The van der Waals surface area contributed by atoms with Gasteiger partial charge in [-0.3, -0.25) is 4.79 Å². The van der Waals surface area contributed by atoms with Gasteiger partial charge >= 0.3 is 0 Å². The summed E-state index contributed by atoms with van der Waals surface area (Å²) in [4.78, 5) is 12.4. The van der Waals surface area contributed by atoms with E-state index in [2.05, 4.69) is 17.6 Å². The minimum absolute atomic E-state index is 0.0303. The molecule has 2 aromatic rings. The molecule has 0 spiro atoms. The van der Waals surface area contributed by atoms with Crippen molar-refractivity contribution in [3.63, 3.8) is 0 Å². The molecular weight excluding hydrogens is 262 g/mol. The van der Waals surface area contributed by atoms with E-state index in [-0.39, 0.29) is 12.4 Å². The van der Waals surface area contributed by atoms with Gasteiger partial charge in [-0.25, -0.2) is 0 Å². The number of ketones is 1. The van der Waals surface area contributed by atoms with Crippen LogP contribution >= 0.6 is 0 Å². The van der Waals surface area contributed by atoms with Gasteiger partial charge in [0.15, 0.2) is 6.61 Å².